The van der Waals surface area contributed by atoms with E-state index in [4.69, 9.17) is 0 Å². The molecule has 16 heavy (non-hydrogen) atoms. The molecule has 0 spiro atoms. The number of halogens is 3. The van der Waals surface area contributed by atoms with Crippen molar-refractivity contribution in [3.05, 3.63) is 33.8 Å². The van der Waals surface area contributed by atoms with Gasteiger partial charge >= 0.3 is 0 Å². The van der Waals surface area contributed by atoms with Crippen molar-refractivity contribution in [3.63, 3.8) is 0 Å². The third-order valence-electron chi connectivity index (χ3n) is 2.55. The molecule has 0 N–H and O–H groups in total. The minimum atomic E-state index is -0.812. The standard InChI is InChI=1S/C12H13BrF2O/c1-3-7(2)6-10(16)11-9(14)5-4-8(13)12(11)15/h4-5,7H,3,6H2,1-2H3. The van der Waals surface area contributed by atoms with Crippen LogP contribution in [0.1, 0.15) is 37.0 Å². The molecule has 1 aromatic rings. The predicted molar refractivity (Wildman–Crippen MR) is 62.5 cm³/mol. The van der Waals surface area contributed by atoms with Crippen LogP contribution in [0.15, 0.2) is 16.6 Å². The highest BCUT2D eigenvalue weighted by Gasteiger charge is 2.20. The Kier molecular flexibility index (Phi) is 4.59. The molecule has 0 aliphatic carbocycles. The number of Topliss-reactive ketones (excluding diaryl/α,β-unsaturated/α-hetero) is 1. The first-order valence-corrected chi connectivity index (χ1v) is 5.93. The van der Waals surface area contributed by atoms with Gasteiger partial charge in [0.15, 0.2) is 11.6 Å². The van der Waals surface area contributed by atoms with E-state index in [1.165, 1.54) is 6.07 Å². The molecule has 0 aliphatic rings. The Labute approximate surface area is 102 Å². The fourth-order valence-electron chi connectivity index (χ4n) is 1.35. The Balaban J connectivity index is 3.03. The number of hydrogen-bond acceptors (Lipinski definition) is 1. The quantitative estimate of drug-likeness (QED) is 0.595. The molecule has 1 atom stereocenters. The second-order valence-electron chi connectivity index (χ2n) is 3.86. The van der Waals surface area contributed by atoms with Gasteiger partial charge < -0.3 is 0 Å². The summed E-state index contributed by atoms with van der Waals surface area (Å²) in [6.45, 7) is 3.82. The first-order chi connectivity index (χ1) is 7.47. The SMILES string of the molecule is CCC(C)CC(=O)c1c(F)ccc(Br)c1F. The summed E-state index contributed by atoms with van der Waals surface area (Å²) in [6.07, 6.45) is 0.976. The van der Waals surface area contributed by atoms with E-state index in [-0.39, 0.29) is 16.8 Å². The highest BCUT2D eigenvalue weighted by molar-refractivity contribution is 9.10. The normalized spacial score (nSPS) is 12.6. The van der Waals surface area contributed by atoms with Gasteiger partial charge in [-0.2, -0.15) is 0 Å². The second kappa shape index (κ2) is 5.53. The molecule has 1 unspecified atom stereocenters. The van der Waals surface area contributed by atoms with E-state index in [1.807, 2.05) is 13.8 Å². The third kappa shape index (κ3) is 2.88. The molecule has 0 saturated heterocycles. The Morgan fingerprint density at radius 2 is 2.06 bits per heavy atom. The fourth-order valence-corrected chi connectivity index (χ4v) is 1.68. The summed E-state index contributed by atoms with van der Waals surface area (Å²) < 4.78 is 27.0. The highest BCUT2D eigenvalue weighted by atomic mass is 79.9. The predicted octanol–water partition coefficient (Wildman–Crippen LogP) is 4.35. The smallest absolute Gasteiger partial charge is 0.169 e. The van der Waals surface area contributed by atoms with E-state index in [2.05, 4.69) is 15.9 Å². The molecule has 0 radical (unpaired) electrons. The number of carbonyl (C=O) groups is 1. The summed E-state index contributed by atoms with van der Waals surface area (Å²) in [6, 6.07) is 2.35. The van der Waals surface area contributed by atoms with Crippen molar-refractivity contribution in [3.8, 4) is 0 Å². The summed E-state index contributed by atoms with van der Waals surface area (Å²) in [5.74, 6) is -1.96. The lowest BCUT2D eigenvalue weighted by Gasteiger charge is -2.09. The average Bonchev–Trinajstić information content (AvgIpc) is 2.24. The van der Waals surface area contributed by atoms with Gasteiger partial charge in [-0.05, 0) is 34.0 Å². The van der Waals surface area contributed by atoms with Gasteiger partial charge in [0.05, 0.1) is 10.0 Å². The number of ketones is 1. The van der Waals surface area contributed by atoms with Gasteiger partial charge in [-0.15, -0.1) is 0 Å². The topological polar surface area (TPSA) is 17.1 Å². The number of rotatable bonds is 4. The van der Waals surface area contributed by atoms with Crippen molar-refractivity contribution in [2.75, 3.05) is 0 Å². The number of benzene rings is 1. The Morgan fingerprint density at radius 1 is 1.44 bits per heavy atom. The van der Waals surface area contributed by atoms with E-state index in [0.717, 1.165) is 12.5 Å². The zero-order chi connectivity index (χ0) is 12.3. The Morgan fingerprint density at radius 3 is 2.62 bits per heavy atom. The molecule has 0 amide bonds. The molecule has 1 nitrogen and oxygen atoms in total. The van der Waals surface area contributed by atoms with Crippen LogP contribution in [-0.4, -0.2) is 5.78 Å². The van der Waals surface area contributed by atoms with E-state index < -0.39 is 23.0 Å². The number of hydrogen-bond donors (Lipinski definition) is 0. The van der Waals surface area contributed by atoms with Crippen molar-refractivity contribution in [2.24, 2.45) is 5.92 Å². The van der Waals surface area contributed by atoms with Gasteiger partial charge in [-0.25, -0.2) is 8.78 Å². The van der Waals surface area contributed by atoms with Gasteiger partial charge in [-0.1, -0.05) is 20.3 Å². The third-order valence-corrected chi connectivity index (χ3v) is 3.17. The molecular formula is C12H13BrF2O. The summed E-state index contributed by atoms with van der Waals surface area (Å²) in [4.78, 5) is 11.7. The Bertz CT molecular complexity index is 404. The average molecular weight is 291 g/mol. The van der Waals surface area contributed by atoms with Crippen LogP contribution < -0.4 is 0 Å². The maximum Gasteiger partial charge on any atom is 0.169 e. The largest absolute Gasteiger partial charge is 0.294 e. The van der Waals surface area contributed by atoms with E-state index in [1.54, 1.807) is 0 Å². The van der Waals surface area contributed by atoms with Crippen LogP contribution in [0.3, 0.4) is 0 Å². The van der Waals surface area contributed by atoms with Gasteiger partial charge in [0, 0.05) is 6.42 Å². The molecule has 1 rings (SSSR count). The molecule has 4 heteroatoms. The maximum absolute atomic E-state index is 13.6. The summed E-state index contributed by atoms with van der Waals surface area (Å²) in [5.41, 5.74) is -0.435. The first-order valence-electron chi connectivity index (χ1n) is 5.14. The van der Waals surface area contributed by atoms with Crippen LogP contribution in [0, 0.1) is 17.6 Å². The monoisotopic (exact) mass is 290 g/mol. The fraction of sp³-hybridized carbons (Fsp3) is 0.417. The molecule has 0 bridgehead atoms. The van der Waals surface area contributed by atoms with Crippen molar-refractivity contribution < 1.29 is 13.6 Å². The van der Waals surface area contributed by atoms with Crippen molar-refractivity contribution in [1.29, 1.82) is 0 Å². The molecular weight excluding hydrogens is 278 g/mol. The molecule has 0 heterocycles. The van der Waals surface area contributed by atoms with Crippen LogP contribution in [0.4, 0.5) is 8.78 Å². The summed E-state index contributed by atoms with van der Waals surface area (Å²) in [7, 11) is 0. The molecule has 1 aromatic carbocycles. The van der Waals surface area contributed by atoms with E-state index in [0.29, 0.717) is 0 Å². The van der Waals surface area contributed by atoms with Gasteiger partial charge in [0.1, 0.15) is 5.82 Å². The van der Waals surface area contributed by atoms with Crippen LogP contribution in [0.25, 0.3) is 0 Å². The zero-order valence-corrected chi connectivity index (χ0v) is 10.8. The lowest BCUT2D eigenvalue weighted by Crippen LogP contribution is -2.10. The van der Waals surface area contributed by atoms with Crippen LogP contribution >= 0.6 is 15.9 Å². The second-order valence-corrected chi connectivity index (χ2v) is 4.71. The molecule has 88 valence electrons. The minimum absolute atomic E-state index is 0.112. The lowest BCUT2D eigenvalue weighted by atomic mass is 9.97. The van der Waals surface area contributed by atoms with Crippen LogP contribution in [-0.2, 0) is 0 Å². The Hall–Kier alpha value is -0.770. The number of carbonyl (C=O) groups excluding carboxylic acids is 1. The van der Waals surface area contributed by atoms with Crippen LogP contribution in [0.5, 0.6) is 0 Å². The summed E-state index contributed by atoms with van der Waals surface area (Å²) >= 11 is 2.94. The van der Waals surface area contributed by atoms with Crippen molar-refractivity contribution in [2.45, 2.75) is 26.7 Å². The van der Waals surface area contributed by atoms with Crippen molar-refractivity contribution in [1.82, 2.24) is 0 Å². The molecule has 0 aromatic heterocycles. The molecule has 0 aliphatic heterocycles. The van der Waals surface area contributed by atoms with E-state index >= 15 is 0 Å². The van der Waals surface area contributed by atoms with Crippen molar-refractivity contribution >= 4 is 21.7 Å². The zero-order valence-electron chi connectivity index (χ0n) is 9.19. The van der Waals surface area contributed by atoms with Gasteiger partial charge in [-0.3, -0.25) is 4.79 Å². The summed E-state index contributed by atoms with van der Waals surface area (Å²) in [5, 5.41) is 0. The maximum atomic E-state index is 13.6. The highest BCUT2D eigenvalue weighted by Crippen LogP contribution is 2.24. The van der Waals surface area contributed by atoms with Gasteiger partial charge in [0.2, 0.25) is 0 Å². The molecule has 0 saturated carbocycles. The molecule has 0 fully saturated rings. The first kappa shape index (κ1) is 13.3. The van der Waals surface area contributed by atoms with Crippen LogP contribution in [0.2, 0.25) is 0 Å². The lowest BCUT2D eigenvalue weighted by molar-refractivity contribution is 0.0955. The minimum Gasteiger partial charge on any atom is -0.294 e. The van der Waals surface area contributed by atoms with Gasteiger partial charge in [0.25, 0.3) is 0 Å². The van der Waals surface area contributed by atoms with E-state index in [9.17, 15) is 13.6 Å².